The molecule has 20 heavy (non-hydrogen) atoms. The molecule has 0 aromatic carbocycles. The van der Waals surface area contributed by atoms with E-state index in [0.717, 1.165) is 13.0 Å². The van der Waals surface area contributed by atoms with Crippen LogP contribution in [0.1, 0.15) is 23.3 Å². The molecule has 0 saturated carbocycles. The van der Waals surface area contributed by atoms with Crippen LogP contribution in [-0.4, -0.2) is 53.9 Å². The maximum Gasteiger partial charge on any atom is 0.273 e. The molecule has 110 valence electrons. The largest absolute Gasteiger partial charge is 0.339 e. The van der Waals surface area contributed by atoms with Crippen molar-refractivity contribution in [3.8, 4) is 0 Å². The second kappa shape index (κ2) is 6.39. The number of nitrogens with one attached hydrogen (secondary N) is 1. The first kappa shape index (κ1) is 15.0. The van der Waals surface area contributed by atoms with Gasteiger partial charge in [-0.3, -0.25) is 4.79 Å². The fourth-order valence-corrected chi connectivity index (χ4v) is 2.65. The number of hydrazine groups is 1. The summed E-state index contributed by atoms with van der Waals surface area (Å²) in [7, 11) is 3.86. The van der Waals surface area contributed by atoms with E-state index >= 15 is 0 Å². The maximum absolute atomic E-state index is 12.4. The Hall–Kier alpha value is -1.37. The minimum absolute atomic E-state index is 0.188. The average molecular weight is 298 g/mol. The van der Waals surface area contributed by atoms with Crippen LogP contribution in [0.4, 0.5) is 5.82 Å². The number of hydrogen-bond donors (Lipinski definition) is 2. The van der Waals surface area contributed by atoms with E-state index < -0.39 is 0 Å². The lowest BCUT2D eigenvalue weighted by atomic mass is 10.2. The van der Waals surface area contributed by atoms with Crippen molar-refractivity contribution in [2.45, 2.75) is 18.9 Å². The van der Waals surface area contributed by atoms with Crippen molar-refractivity contribution in [2.75, 3.05) is 32.6 Å². The van der Waals surface area contributed by atoms with Gasteiger partial charge in [0.2, 0.25) is 0 Å². The highest BCUT2D eigenvalue weighted by Crippen LogP contribution is 2.20. The van der Waals surface area contributed by atoms with Crippen LogP contribution in [0, 0.1) is 0 Å². The number of hydrogen-bond acceptors (Lipinski definition) is 5. The van der Waals surface area contributed by atoms with Gasteiger partial charge in [0, 0.05) is 19.6 Å². The van der Waals surface area contributed by atoms with Crippen LogP contribution in [0.15, 0.2) is 12.1 Å². The summed E-state index contributed by atoms with van der Waals surface area (Å²) in [4.78, 5) is 20.5. The summed E-state index contributed by atoms with van der Waals surface area (Å²) in [5, 5.41) is 0.334. The third kappa shape index (κ3) is 3.20. The molecule has 1 fully saturated rings. The normalized spacial score (nSPS) is 19.1. The Kier molecular flexibility index (Phi) is 4.80. The Morgan fingerprint density at radius 2 is 2.40 bits per heavy atom. The van der Waals surface area contributed by atoms with Crippen molar-refractivity contribution in [2.24, 2.45) is 5.84 Å². The molecule has 1 saturated heterocycles. The van der Waals surface area contributed by atoms with Crippen molar-refractivity contribution in [1.29, 1.82) is 0 Å². The lowest BCUT2D eigenvalue weighted by molar-refractivity contribution is 0.0756. The number of amides is 1. The highest BCUT2D eigenvalue weighted by atomic mass is 35.5. The van der Waals surface area contributed by atoms with Crippen LogP contribution in [0.5, 0.6) is 0 Å². The minimum atomic E-state index is -0.188. The second-order valence-electron chi connectivity index (χ2n) is 5.13. The van der Waals surface area contributed by atoms with E-state index in [9.17, 15) is 4.79 Å². The van der Waals surface area contributed by atoms with Crippen molar-refractivity contribution < 1.29 is 4.79 Å². The van der Waals surface area contributed by atoms with E-state index in [1.54, 1.807) is 24.1 Å². The Bertz CT molecular complexity index is 496. The monoisotopic (exact) mass is 297 g/mol. The van der Waals surface area contributed by atoms with E-state index in [4.69, 9.17) is 17.4 Å². The molecular formula is C13H20ClN5O. The van der Waals surface area contributed by atoms with Gasteiger partial charge in [-0.25, -0.2) is 10.8 Å². The molecular weight excluding hydrogens is 278 g/mol. The number of nitrogen functional groups attached to an aromatic ring is 1. The van der Waals surface area contributed by atoms with Crippen molar-refractivity contribution in [3.05, 3.63) is 22.8 Å². The molecule has 1 amide bonds. The second-order valence-corrected chi connectivity index (χ2v) is 5.54. The van der Waals surface area contributed by atoms with Crippen molar-refractivity contribution in [1.82, 2.24) is 14.8 Å². The molecule has 0 radical (unpaired) electrons. The van der Waals surface area contributed by atoms with Gasteiger partial charge < -0.3 is 15.2 Å². The molecule has 1 unspecified atom stereocenters. The topological polar surface area (TPSA) is 74.5 Å². The average Bonchev–Trinajstić information content (AvgIpc) is 2.84. The van der Waals surface area contributed by atoms with Crippen LogP contribution in [0.25, 0.3) is 0 Å². The molecule has 0 bridgehead atoms. The van der Waals surface area contributed by atoms with Crippen molar-refractivity contribution in [3.63, 3.8) is 0 Å². The fraction of sp³-hybridized carbons (Fsp3) is 0.538. The number of nitrogens with two attached hydrogens (primary N) is 1. The van der Waals surface area contributed by atoms with Gasteiger partial charge in [-0.05, 0) is 38.6 Å². The zero-order valence-electron chi connectivity index (χ0n) is 11.8. The molecule has 1 atom stereocenters. The standard InChI is InChI=1S/C13H20ClN5O/c1-18-7-3-4-9(18)8-19(2)13(20)12-10(14)5-6-11(16-12)17-15/h5-6,9H,3-4,7-8,15H2,1-2H3,(H,16,17). The number of carbonyl (C=O) groups is 1. The zero-order chi connectivity index (χ0) is 14.7. The number of likely N-dealkylation sites (N-methyl/N-ethyl adjacent to an activating group) is 2. The molecule has 0 aliphatic carbocycles. The zero-order valence-corrected chi connectivity index (χ0v) is 12.5. The summed E-state index contributed by atoms with van der Waals surface area (Å²) in [6.45, 7) is 1.76. The Morgan fingerprint density at radius 1 is 1.65 bits per heavy atom. The Morgan fingerprint density at radius 3 is 3.00 bits per heavy atom. The van der Waals surface area contributed by atoms with Gasteiger partial charge >= 0.3 is 0 Å². The van der Waals surface area contributed by atoms with Crippen LogP contribution in [0.3, 0.4) is 0 Å². The van der Waals surface area contributed by atoms with Crippen molar-refractivity contribution >= 4 is 23.3 Å². The number of carbonyl (C=O) groups excluding carboxylic acids is 1. The van der Waals surface area contributed by atoms with Crippen LogP contribution in [-0.2, 0) is 0 Å². The number of rotatable bonds is 4. The van der Waals surface area contributed by atoms with E-state index in [2.05, 4.69) is 22.4 Å². The first-order valence-corrected chi connectivity index (χ1v) is 6.99. The van der Waals surface area contributed by atoms with Gasteiger partial charge in [-0.15, -0.1) is 0 Å². The van der Waals surface area contributed by atoms with Gasteiger partial charge in [0.15, 0.2) is 0 Å². The predicted octanol–water partition coefficient (Wildman–Crippen LogP) is 1.19. The number of anilines is 1. The molecule has 6 nitrogen and oxygen atoms in total. The summed E-state index contributed by atoms with van der Waals surface area (Å²) < 4.78 is 0. The van der Waals surface area contributed by atoms with Crippen LogP contribution >= 0.6 is 11.6 Å². The molecule has 1 aromatic heterocycles. The number of pyridine rings is 1. The minimum Gasteiger partial charge on any atom is -0.339 e. The molecule has 1 aliphatic heterocycles. The lowest BCUT2D eigenvalue weighted by Crippen LogP contribution is -2.40. The lowest BCUT2D eigenvalue weighted by Gasteiger charge is -2.25. The molecule has 7 heteroatoms. The maximum atomic E-state index is 12.4. The van der Waals surface area contributed by atoms with Crippen LogP contribution in [0.2, 0.25) is 5.02 Å². The number of halogens is 1. The Labute approximate surface area is 123 Å². The molecule has 1 aliphatic rings. The molecule has 1 aromatic rings. The molecule has 2 heterocycles. The SMILES string of the molecule is CN(CC1CCCN1C)C(=O)c1nc(NN)ccc1Cl. The number of aromatic nitrogens is 1. The first-order chi connectivity index (χ1) is 9.52. The number of nitrogens with zero attached hydrogens (tertiary/aromatic N) is 3. The summed E-state index contributed by atoms with van der Waals surface area (Å²) in [5.41, 5.74) is 2.65. The predicted molar refractivity (Wildman–Crippen MR) is 79.7 cm³/mol. The van der Waals surface area contributed by atoms with Crippen LogP contribution < -0.4 is 11.3 Å². The van der Waals surface area contributed by atoms with Gasteiger partial charge in [0.25, 0.3) is 5.91 Å². The fourth-order valence-electron chi connectivity index (χ4n) is 2.46. The van der Waals surface area contributed by atoms with E-state index in [0.29, 0.717) is 23.4 Å². The third-order valence-electron chi connectivity index (χ3n) is 3.70. The summed E-state index contributed by atoms with van der Waals surface area (Å²) in [6, 6.07) is 3.65. The third-order valence-corrected chi connectivity index (χ3v) is 4.00. The summed E-state index contributed by atoms with van der Waals surface area (Å²) in [6.07, 6.45) is 2.29. The summed E-state index contributed by atoms with van der Waals surface area (Å²) in [5.74, 6) is 5.54. The van der Waals surface area contributed by atoms with E-state index in [1.807, 2.05) is 0 Å². The molecule has 0 spiro atoms. The van der Waals surface area contributed by atoms with Gasteiger partial charge in [0.05, 0.1) is 5.02 Å². The molecule has 3 N–H and O–H groups in total. The highest BCUT2D eigenvalue weighted by Gasteiger charge is 2.25. The Balaban J connectivity index is 2.10. The van der Waals surface area contributed by atoms with Gasteiger partial charge in [-0.1, -0.05) is 11.6 Å². The van der Waals surface area contributed by atoms with E-state index in [1.165, 1.54) is 6.42 Å². The smallest absolute Gasteiger partial charge is 0.273 e. The molecule has 2 rings (SSSR count). The first-order valence-electron chi connectivity index (χ1n) is 6.61. The quantitative estimate of drug-likeness (QED) is 0.645. The number of likely N-dealkylation sites (tertiary alicyclic amines) is 1. The van der Waals surface area contributed by atoms with E-state index in [-0.39, 0.29) is 11.6 Å². The highest BCUT2D eigenvalue weighted by molar-refractivity contribution is 6.33. The summed E-state index contributed by atoms with van der Waals surface area (Å²) >= 11 is 6.05. The van der Waals surface area contributed by atoms with Gasteiger partial charge in [-0.2, -0.15) is 0 Å². The van der Waals surface area contributed by atoms with Gasteiger partial charge in [0.1, 0.15) is 11.5 Å².